The van der Waals surface area contributed by atoms with Crippen LogP contribution >= 0.6 is 11.6 Å². The van der Waals surface area contributed by atoms with E-state index in [4.69, 9.17) is 17.3 Å². The maximum absolute atomic E-state index is 11.9. The Balaban J connectivity index is 1.95. The molecule has 6 nitrogen and oxygen atoms in total. The van der Waals surface area contributed by atoms with Gasteiger partial charge in [0.2, 0.25) is 5.91 Å². The van der Waals surface area contributed by atoms with E-state index in [0.29, 0.717) is 18.5 Å². The largest absolute Gasteiger partial charge is 0.397 e. The van der Waals surface area contributed by atoms with Crippen molar-refractivity contribution < 1.29 is 9.59 Å². The molecule has 1 atom stereocenters. The summed E-state index contributed by atoms with van der Waals surface area (Å²) in [5, 5.41) is 5.68. The van der Waals surface area contributed by atoms with Crippen LogP contribution in [0.25, 0.3) is 0 Å². The number of carbonyl (C=O) groups excluding carboxylic acids is 2. The van der Waals surface area contributed by atoms with E-state index in [2.05, 4.69) is 15.6 Å². The lowest BCUT2D eigenvalue weighted by Crippen LogP contribution is -2.38. The van der Waals surface area contributed by atoms with E-state index in [0.717, 1.165) is 6.42 Å². The van der Waals surface area contributed by atoms with Crippen LogP contribution in [0.2, 0.25) is 5.15 Å². The van der Waals surface area contributed by atoms with Crippen LogP contribution in [0.15, 0.2) is 12.3 Å². The van der Waals surface area contributed by atoms with Crippen molar-refractivity contribution in [3.05, 3.63) is 23.0 Å². The van der Waals surface area contributed by atoms with Crippen LogP contribution in [0.1, 0.15) is 23.2 Å². The lowest BCUT2D eigenvalue weighted by Gasteiger charge is -2.12. The lowest BCUT2D eigenvalue weighted by atomic mass is 10.2. The molecule has 0 radical (unpaired) electrons. The monoisotopic (exact) mass is 268 g/mol. The molecule has 2 amide bonds. The van der Waals surface area contributed by atoms with Crippen molar-refractivity contribution in [1.82, 2.24) is 15.6 Å². The average Bonchev–Trinajstić information content (AvgIpc) is 2.75. The van der Waals surface area contributed by atoms with Gasteiger partial charge in [-0.15, -0.1) is 0 Å². The fourth-order valence-corrected chi connectivity index (χ4v) is 1.94. The van der Waals surface area contributed by atoms with Gasteiger partial charge >= 0.3 is 0 Å². The Hall–Kier alpha value is -1.82. The van der Waals surface area contributed by atoms with Crippen molar-refractivity contribution in [2.45, 2.75) is 18.9 Å². The van der Waals surface area contributed by atoms with Crippen molar-refractivity contribution in [3.8, 4) is 0 Å². The van der Waals surface area contributed by atoms with Crippen LogP contribution in [0, 0.1) is 0 Å². The van der Waals surface area contributed by atoms with Crippen molar-refractivity contribution in [2.75, 3.05) is 12.3 Å². The molecular formula is C11H13ClN4O2. The highest BCUT2D eigenvalue weighted by molar-refractivity contribution is 6.29. The van der Waals surface area contributed by atoms with Gasteiger partial charge in [-0.1, -0.05) is 11.6 Å². The molecule has 1 saturated heterocycles. The van der Waals surface area contributed by atoms with Gasteiger partial charge in [0.25, 0.3) is 5.91 Å². The van der Waals surface area contributed by atoms with Crippen LogP contribution in [-0.2, 0) is 4.79 Å². The minimum atomic E-state index is -0.321. The number of nitrogens with zero attached hydrogens (tertiary/aromatic N) is 1. The first-order chi connectivity index (χ1) is 8.56. The zero-order valence-corrected chi connectivity index (χ0v) is 10.3. The van der Waals surface area contributed by atoms with E-state index in [1.807, 2.05) is 0 Å². The molecule has 4 N–H and O–H groups in total. The number of hydrogen-bond donors (Lipinski definition) is 3. The molecule has 1 aliphatic heterocycles. The van der Waals surface area contributed by atoms with Crippen molar-refractivity contribution in [2.24, 2.45) is 0 Å². The Morgan fingerprint density at radius 2 is 2.44 bits per heavy atom. The molecule has 1 unspecified atom stereocenters. The van der Waals surface area contributed by atoms with E-state index in [1.165, 1.54) is 12.3 Å². The second kappa shape index (κ2) is 5.22. The Kier molecular flexibility index (Phi) is 3.66. The predicted molar refractivity (Wildman–Crippen MR) is 67.2 cm³/mol. The van der Waals surface area contributed by atoms with Gasteiger partial charge in [0.15, 0.2) is 0 Å². The smallest absolute Gasteiger partial charge is 0.253 e. The molecule has 1 aliphatic rings. The molecule has 0 saturated carbocycles. The summed E-state index contributed by atoms with van der Waals surface area (Å²) in [6.07, 6.45) is 2.57. The average molecular weight is 269 g/mol. The van der Waals surface area contributed by atoms with E-state index in [-0.39, 0.29) is 28.7 Å². The summed E-state index contributed by atoms with van der Waals surface area (Å²) in [7, 11) is 0. The van der Waals surface area contributed by atoms with Gasteiger partial charge in [0, 0.05) is 19.0 Å². The molecule has 1 aromatic rings. The molecular weight excluding hydrogens is 256 g/mol. The Labute approximate surface area is 109 Å². The van der Waals surface area contributed by atoms with Gasteiger partial charge in [-0.3, -0.25) is 9.59 Å². The highest BCUT2D eigenvalue weighted by Crippen LogP contribution is 2.15. The summed E-state index contributed by atoms with van der Waals surface area (Å²) in [4.78, 5) is 26.6. The molecule has 1 fully saturated rings. The van der Waals surface area contributed by atoms with Crippen LogP contribution in [-0.4, -0.2) is 29.4 Å². The quantitative estimate of drug-likeness (QED) is 0.688. The molecule has 0 bridgehead atoms. The molecule has 2 heterocycles. The van der Waals surface area contributed by atoms with Crippen molar-refractivity contribution in [3.63, 3.8) is 0 Å². The van der Waals surface area contributed by atoms with Gasteiger partial charge < -0.3 is 16.4 Å². The number of aromatic nitrogens is 1. The number of hydrogen-bond acceptors (Lipinski definition) is 4. The number of anilines is 1. The third kappa shape index (κ3) is 2.89. The molecule has 0 aromatic carbocycles. The standard InChI is InChI=1S/C11H13ClN4O2/c12-9-3-7(8(13)5-14-9)11(18)15-4-6-1-2-10(17)16-6/h3,5-6H,1-2,4,13H2,(H,15,18)(H,16,17). The van der Waals surface area contributed by atoms with Crippen LogP contribution < -0.4 is 16.4 Å². The van der Waals surface area contributed by atoms with Crippen molar-refractivity contribution in [1.29, 1.82) is 0 Å². The maximum Gasteiger partial charge on any atom is 0.253 e. The number of pyridine rings is 1. The summed E-state index contributed by atoms with van der Waals surface area (Å²) >= 11 is 5.70. The summed E-state index contributed by atoms with van der Waals surface area (Å²) in [5.41, 5.74) is 6.21. The number of carbonyl (C=O) groups is 2. The summed E-state index contributed by atoms with van der Waals surface area (Å²) in [5.74, 6) is -0.307. The third-order valence-corrected chi connectivity index (χ3v) is 2.95. The van der Waals surface area contributed by atoms with Gasteiger partial charge in [-0.2, -0.15) is 0 Å². The highest BCUT2D eigenvalue weighted by Gasteiger charge is 2.21. The zero-order chi connectivity index (χ0) is 13.1. The van der Waals surface area contributed by atoms with Crippen LogP contribution in [0.3, 0.4) is 0 Å². The molecule has 1 aromatic heterocycles. The van der Waals surface area contributed by atoms with E-state index in [9.17, 15) is 9.59 Å². The summed E-state index contributed by atoms with van der Waals surface area (Å²) in [6.45, 7) is 0.379. The molecule has 0 spiro atoms. The summed E-state index contributed by atoms with van der Waals surface area (Å²) in [6, 6.07) is 1.40. The van der Waals surface area contributed by atoms with E-state index in [1.54, 1.807) is 0 Å². The van der Waals surface area contributed by atoms with E-state index < -0.39 is 0 Å². The third-order valence-electron chi connectivity index (χ3n) is 2.74. The number of amides is 2. The zero-order valence-electron chi connectivity index (χ0n) is 9.57. The summed E-state index contributed by atoms with van der Waals surface area (Å²) < 4.78 is 0. The Bertz CT molecular complexity index is 492. The maximum atomic E-state index is 11.9. The number of nitrogens with two attached hydrogens (primary N) is 1. The first kappa shape index (κ1) is 12.6. The van der Waals surface area contributed by atoms with Crippen LogP contribution in [0.4, 0.5) is 5.69 Å². The predicted octanol–water partition coefficient (Wildman–Crippen LogP) is 0.326. The van der Waals surface area contributed by atoms with Gasteiger partial charge in [0.1, 0.15) is 5.15 Å². The number of nitrogen functional groups attached to an aromatic ring is 1. The SMILES string of the molecule is Nc1cnc(Cl)cc1C(=O)NCC1CCC(=O)N1. The van der Waals surface area contributed by atoms with Crippen molar-refractivity contribution >= 4 is 29.1 Å². The lowest BCUT2D eigenvalue weighted by molar-refractivity contribution is -0.119. The van der Waals surface area contributed by atoms with E-state index >= 15 is 0 Å². The fraction of sp³-hybridized carbons (Fsp3) is 0.364. The normalized spacial score (nSPS) is 18.5. The topological polar surface area (TPSA) is 97.1 Å². The van der Waals surface area contributed by atoms with Gasteiger partial charge in [-0.25, -0.2) is 4.98 Å². The molecule has 2 rings (SSSR count). The molecule has 96 valence electrons. The van der Waals surface area contributed by atoms with Gasteiger partial charge in [0.05, 0.1) is 17.4 Å². The molecule has 0 aliphatic carbocycles. The molecule has 18 heavy (non-hydrogen) atoms. The van der Waals surface area contributed by atoms with Gasteiger partial charge in [-0.05, 0) is 12.5 Å². The number of nitrogens with one attached hydrogen (secondary N) is 2. The Morgan fingerprint density at radius 1 is 1.67 bits per heavy atom. The second-order valence-electron chi connectivity index (χ2n) is 4.11. The highest BCUT2D eigenvalue weighted by atomic mass is 35.5. The Morgan fingerprint density at radius 3 is 3.11 bits per heavy atom. The molecule has 7 heteroatoms. The number of halogens is 1. The fourth-order valence-electron chi connectivity index (χ4n) is 1.78. The second-order valence-corrected chi connectivity index (χ2v) is 4.49. The minimum Gasteiger partial charge on any atom is -0.397 e. The minimum absolute atomic E-state index is 0.0139. The van der Waals surface area contributed by atoms with Crippen LogP contribution in [0.5, 0.6) is 0 Å². The number of rotatable bonds is 3. The first-order valence-corrected chi connectivity index (χ1v) is 5.92. The first-order valence-electron chi connectivity index (χ1n) is 5.55.